The quantitative estimate of drug-likeness (QED) is 0.703. The van der Waals surface area contributed by atoms with Crippen LogP contribution in [0.3, 0.4) is 0 Å². The number of rotatable bonds is 3. The zero-order valence-electron chi connectivity index (χ0n) is 19.4. The van der Waals surface area contributed by atoms with E-state index < -0.39 is 30.2 Å². The number of amides is 1. The monoisotopic (exact) mass is 429 g/mol. The van der Waals surface area contributed by atoms with Gasteiger partial charge in [-0.3, -0.25) is 9.48 Å². The molecule has 2 aliphatic heterocycles. The lowest BCUT2D eigenvalue weighted by molar-refractivity contribution is -0.125. The van der Waals surface area contributed by atoms with Crippen molar-refractivity contribution in [3.63, 3.8) is 0 Å². The minimum absolute atomic E-state index is 0.0616. The van der Waals surface area contributed by atoms with Crippen molar-refractivity contribution in [3.8, 4) is 5.75 Å². The van der Waals surface area contributed by atoms with Gasteiger partial charge in [0, 0.05) is 18.3 Å². The molecule has 9 heteroatoms. The molecule has 1 atom stereocenters. The molecule has 2 aliphatic rings. The Kier molecular flexibility index (Phi) is 4.98. The standard InChI is InChI=1S/C22H29BFN3O4/c1-12-16(13(2)26(8)25-12)11-27-18-10-15(23-30-21(4,5)22(6,7)31-23)9-17(24)19(18)29-14(3)20(27)28/h9-10,14H,11H2,1-8H3/t14-/m1/s1. The number of anilines is 1. The van der Waals surface area contributed by atoms with Crippen LogP contribution in [-0.4, -0.2) is 40.1 Å². The minimum atomic E-state index is -0.790. The van der Waals surface area contributed by atoms with Gasteiger partial charge in [-0.1, -0.05) is 0 Å². The summed E-state index contributed by atoms with van der Waals surface area (Å²) in [6.07, 6.45) is -0.790. The summed E-state index contributed by atoms with van der Waals surface area (Å²) in [6.45, 7) is 13.5. The van der Waals surface area contributed by atoms with Crippen molar-refractivity contribution in [2.75, 3.05) is 4.90 Å². The molecule has 0 N–H and O–H groups in total. The average molecular weight is 429 g/mol. The molecular formula is C22H29BFN3O4. The summed E-state index contributed by atoms with van der Waals surface area (Å²) in [6, 6.07) is 3.09. The summed E-state index contributed by atoms with van der Waals surface area (Å²) in [7, 11) is 1.11. The Hall–Kier alpha value is -2.39. The van der Waals surface area contributed by atoms with Crippen molar-refractivity contribution in [2.24, 2.45) is 7.05 Å². The van der Waals surface area contributed by atoms with Gasteiger partial charge in [0.25, 0.3) is 5.91 Å². The number of aromatic nitrogens is 2. The molecular weight excluding hydrogens is 400 g/mol. The van der Waals surface area contributed by atoms with Crippen molar-refractivity contribution < 1.29 is 23.2 Å². The molecule has 166 valence electrons. The molecule has 0 saturated carbocycles. The highest BCUT2D eigenvalue weighted by molar-refractivity contribution is 6.62. The third kappa shape index (κ3) is 3.44. The van der Waals surface area contributed by atoms with Gasteiger partial charge in [-0.2, -0.15) is 5.10 Å². The van der Waals surface area contributed by atoms with Gasteiger partial charge in [0.05, 0.1) is 29.1 Å². The van der Waals surface area contributed by atoms with Crippen LogP contribution < -0.4 is 15.1 Å². The number of fused-ring (bicyclic) bond motifs is 1. The minimum Gasteiger partial charge on any atom is -0.476 e. The first-order valence-electron chi connectivity index (χ1n) is 10.5. The fraction of sp³-hybridized carbons (Fsp3) is 0.545. The van der Waals surface area contributed by atoms with E-state index >= 15 is 4.39 Å². The maximum atomic E-state index is 15.2. The summed E-state index contributed by atoms with van der Waals surface area (Å²) in [5.41, 5.74) is 2.46. The van der Waals surface area contributed by atoms with E-state index in [0.717, 1.165) is 17.0 Å². The Labute approximate surface area is 182 Å². The Balaban J connectivity index is 1.78. The molecule has 7 nitrogen and oxygen atoms in total. The van der Waals surface area contributed by atoms with Crippen LogP contribution in [0, 0.1) is 19.7 Å². The van der Waals surface area contributed by atoms with E-state index in [1.165, 1.54) is 6.07 Å². The Morgan fingerprint density at radius 1 is 1.16 bits per heavy atom. The van der Waals surface area contributed by atoms with E-state index in [1.54, 1.807) is 22.6 Å². The van der Waals surface area contributed by atoms with Gasteiger partial charge in [-0.05, 0) is 66.1 Å². The molecule has 1 aromatic carbocycles. The lowest BCUT2D eigenvalue weighted by Crippen LogP contribution is -2.45. The van der Waals surface area contributed by atoms with Crippen LogP contribution in [0.15, 0.2) is 12.1 Å². The van der Waals surface area contributed by atoms with E-state index in [9.17, 15) is 4.79 Å². The van der Waals surface area contributed by atoms with Crippen LogP contribution in [0.1, 0.15) is 51.6 Å². The van der Waals surface area contributed by atoms with Gasteiger partial charge < -0.3 is 18.9 Å². The molecule has 2 aromatic rings. The second kappa shape index (κ2) is 7.07. The average Bonchev–Trinajstić information content (AvgIpc) is 3.03. The van der Waals surface area contributed by atoms with Crippen LogP contribution in [0.25, 0.3) is 0 Å². The van der Waals surface area contributed by atoms with Gasteiger partial charge in [0.15, 0.2) is 17.7 Å². The van der Waals surface area contributed by atoms with Crippen molar-refractivity contribution in [1.29, 1.82) is 0 Å². The number of carbonyl (C=O) groups is 1. The van der Waals surface area contributed by atoms with Gasteiger partial charge in [0.2, 0.25) is 0 Å². The first-order valence-corrected chi connectivity index (χ1v) is 10.5. The molecule has 1 amide bonds. The predicted molar refractivity (Wildman–Crippen MR) is 116 cm³/mol. The molecule has 4 rings (SSSR count). The number of aryl methyl sites for hydroxylation is 2. The number of nitrogens with zero attached hydrogens (tertiary/aromatic N) is 3. The predicted octanol–water partition coefficient (Wildman–Crippen LogP) is 2.79. The second-order valence-electron chi connectivity index (χ2n) is 9.40. The molecule has 3 heterocycles. The number of benzene rings is 1. The normalized spacial score (nSPS) is 22.0. The highest BCUT2D eigenvalue weighted by Crippen LogP contribution is 2.40. The smallest absolute Gasteiger partial charge is 0.476 e. The zero-order chi connectivity index (χ0) is 22.9. The van der Waals surface area contributed by atoms with Crippen molar-refractivity contribution >= 4 is 24.2 Å². The van der Waals surface area contributed by atoms with Gasteiger partial charge in [0.1, 0.15) is 0 Å². The van der Waals surface area contributed by atoms with E-state index in [2.05, 4.69) is 5.10 Å². The van der Waals surface area contributed by atoms with Gasteiger partial charge >= 0.3 is 7.12 Å². The summed E-state index contributed by atoms with van der Waals surface area (Å²) in [5.74, 6) is -0.724. The van der Waals surface area contributed by atoms with E-state index in [0.29, 0.717) is 11.2 Å². The van der Waals surface area contributed by atoms with Crippen molar-refractivity contribution in [1.82, 2.24) is 9.78 Å². The summed E-state index contributed by atoms with van der Waals surface area (Å²) in [5, 5.41) is 4.44. The molecule has 0 unspecified atom stereocenters. The molecule has 31 heavy (non-hydrogen) atoms. The van der Waals surface area contributed by atoms with Crippen LogP contribution in [0.5, 0.6) is 5.75 Å². The van der Waals surface area contributed by atoms with Gasteiger partial charge in [-0.15, -0.1) is 0 Å². The number of hydrogen-bond acceptors (Lipinski definition) is 5. The summed E-state index contributed by atoms with van der Waals surface area (Å²) >= 11 is 0. The third-order valence-corrected chi connectivity index (χ3v) is 6.75. The third-order valence-electron chi connectivity index (χ3n) is 6.75. The fourth-order valence-corrected chi connectivity index (χ4v) is 3.96. The van der Waals surface area contributed by atoms with E-state index in [-0.39, 0.29) is 18.2 Å². The van der Waals surface area contributed by atoms with Crippen LogP contribution in [0.4, 0.5) is 10.1 Å². The van der Waals surface area contributed by atoms with Crippen LogP contribution in [0.2, 0.25) is 0 Å². The second-order valence-corrected chi connectivity index (χ2v) is 9.40. The van der Waals surface area contributed by atoms with Crippen LogP contribution >= 0.6 is 0 Å². The maximum Gasteiger partial charge on any atom is 0.495 e. The lowest BCUT2D eigenvalue weighted by Gasteiger charge is -2.34. The number of ether oxygens (including phenoxy) is 1. The topological polar surface area (TPSA) is 65.8 Å². The molecule has 1 saturated heterocycles. The Morgan fingerprint density at radius 3 is 2.32 bits per heavy atom. The van der Waals surface area contributed by atoms with E-state index in [4.69, 9.17) is 14.0 Å². The molecule has 1 aromatic heterocycles. The Bertz CT molecular complexity index is 1050. The summed E-state index contributed by atoms with van der Waals surface area (Å²) in [4.78, 5) is 14.6. The largest absolute Gasteiger partial charge is 0.495 e. The molecule has 0 radical (unpaired) electrons. The van der Waals surface area contributed by atoms with Crippen LogP contribution in [-0.2, 0) is 27.7 Å². The Morgan fingerprint density at radius 2 is 1.77 bits per heavy atom. The van der Waals surface area contributed by atoms with Gasteiger partial charge in [-0.25, -0.2) is 4.39 Å². The van der Waals surface area contributed by atoms with E-state index in [1.807, 2.05) is 48.6 Å². The lowest BCUT2D eigenvalue weighted by atomic mass is 9.78. The number of halogens is 1. The number of carbonyl (C=O) groups excluding carboxylic acids is 1. The maximum absolute atomic E-state index is 15.2. The fourth-order valence-electron chi connectivity index (χ4n) is 3.96. The summed E-state index contributed by atoms with van der Waals surface area (Å²) < 4.78 is 34.8. The molecule has 0 bridgehead atoms. The SMILES string of the molecule is Cc1nn(C)c(C)c1CN1C(=O)[C@@H](C)Oc2c(F)cc(B3OC(C)(C)C(C)(C)O3)cc21. The highest BCUT2D eigenvalue weighted by Gasteiger charge is 2.52. The first-order chi connectivity index (χ1) is 14.3. The molecule has 0 aliphatic carbocycles. The van der Waals surface area contributed by atoms with Crippen molar-refractivity contribution in [2.45, 2.75) is 72.3 Å². The zero-order valence-corrected chi connectivity index (χ0v) is 19.4. The number of hydrogen-bond donors (Lipinski definition) is 0. The first kappa shape index (κ1) is 21.8. The van der Waals surface area contributed by atoms with Crippen molar-refractivity contribution in [3.05, 3.63) is 34.9 Å². The molecule has 1 fully saturated rings. The molecule has 0 spiro atoms. The highest BCUT2D eigenvalue weighted by atomic mass is 19.1.